The molecule has 3 N–H and O–H groups in total. The minimum Gasteiger partial charge on any atom is -0.353 e. The van der Waals surface area contributed by atoms with E-state index >= 15 is 0 Å². The predicted molar refractivity (Wildman–Crippen MR) is 127 cm³/mol. The molecule has 0 bridgehead atoms. The van der Waals surface area contributed by atoms with Crippen LogP contribution in [0.3, 0.4) is 0 Å². The molecular weight excluding hydrogens is 443 g/mol. The highest BCUT2D eigenvalue weighted by Gasteiger charge is 2.19. The zero-order valence-electron chi connectivity index (χ0n) is 16.5. The van der Waals surface area contributed by atoms with Crippen molar-refractivity contribution in [2.75, 3.05) is 20.1 Å². The van der Waals surface area contributed by atoms with Gasteiger partial charge in [0.05, 0.1) is 16.2 Å². The molecule has 30 heavy (non-hydrogen) atoms. The molecule has 0 aliphatic heterocycles. The number of rotatable bonds is 5. The predicted octanol–water partition coefficient (Wildman–Crippen LogP) is 5.37. The van der Waals surface area contributed by atoms with Crippen LogP contribution in [0.25, 0.3) is 33.1 Å². The Kier molecular flexibility index (Phi) is 6.88. The maximum Gasteiger partial charge on any atom is 0.269 e. The van der Waals surface area contributed by atoms with E-state index in [1.807, 2.05) is 44.3 Å². The highest BCUT2D eigenvalue weighted by atomic mass is 35.5. The number of benzene rings is 2. The summed E-state index contributed by atoms with van der Waals surface area (Å²) in [5.41, 5.74) is 4.66. The largest absolute Gasteiger partial charge is 0.353 e. The van der Waals surface area contributed by atoms with Crippen LogP contribution in [0.1, 0.15) is 16.1 Å². The van der Waals surface area contributed by atoms with E-state index in [2.05, 4.69) is 20.6 Å². The zero-order chi connectivity index (χ0) is 20.5. The van der Waals surface area contributed by atoms with Crippen LogP contribution >= 0.6 is 35.6 Å². The number of nitrogens with one attached hydrogen (secondary N) is 3. The second kappa shape index (κ2) is 9.23. The van der Waals surface area contributed by atoms with Crippen LogP contribution < -0.4 is 10.6 Å². The number of carbonyl (C=O) groups is 1. The number of carbonyl (C=O) groups excluding carboxylic acids is 1. The zero-order valence-corrected chi connectivity index (χ0v) is 18.8. The number of halogens is 3. The Hall–Kier alpha value is -2.31. The SMILES string of the molecule is CNCCNC(=O)c1cc2c([nH]c3c(C)cccc32)c(-c2ccc(Cl)cc2Cl)n1.Cl. The molecule has 1 amide bonds. The first-order valence-electron chi connectivity index (χ1n) is 9.30. The first kappa shape index (κ1) is 22.4. The number of hydrogen-bond acceptors (Lipinski definition) is 3. The van der Waals surface area contributed by atoms with E-state index in [0.29, 0.717) is 34.5 Å². The van der Waals surface area contributed by atoms with Crippen molar-refractivity contribution in [3.05, 3.63) is 63.8 Å². The Morgan fingerprint density at radius 3 is 2.60 bits per heavy atom. The number of pyridine rings is 1. The summed E-state index contributed by atoms with van der Waals surface area (Å²) in [6, 6.07) is 13.2. The van der Waals surface area contributed by atoms with Crippen molar-refractivity contribution < 1.29 is 4.79 Å². The maximum atomic E-state index is 12.7. The highest BCUT2D eigenvalue weighted by molar-refractivity contribution is 6.36. The van der Waals surface area contributed by atoms with Crippen molar-refractivity contribution in [2.45, 2.75) is 6.92 Å². The standard InChI is InChI=1S/C22H20Cl2N4O.ClH/c1-12-4-3-5-14-16-11-18(22(29)26-9-8-25-2)27-20(21(16)28-19(12)14)15-7-6-13(23)10-17(15)24;/h3-7,10-11,25,28H,8-9H2,1-2H3,(H,26,29);1H. The normalized spacial score (nSPS) is 10.9. The van der Waals surface area contributed by atoms with Gasteiger partial charge in [0.15, 0.2) is 0 Å². The lowest BCUT2D eigenvalue weighted by Crippen LogP contribution is -2.31. The fraction of sp³-hybridized carbons (Fsp3) is 0.182. The van der Waals surface area contributed by atoms with Gasteiger partial charge in [0.25, 0.3) is 5.91 Å². The van der Waals surface area contributed by atoms with Crippen LogP contribution in [0.2, 0.25) is 10.0 Å². The summed E-state index contributed by atoms with van der Waals surface area (Å²) < 4.78 is 0. The number of nitrogens with zero attached hydrogens (tertiary/aromatic N) is 1. The molecule has 2 aromatic heterocycles. The van der Waals surface area contributed by atoms with Gasteiger partial charge in [0.2, 0.25) is 0 Å². The Morgan fingerprint density at radius 1 is 1.07 bits per heavy atom. The second-order valence-corrected chi connectivity index (χ2v) is 7.73. The van der Waals surface area contributed by atoms with Gasteiger partial charge < -0.3 is 15.6 Å². The number of para-hydroxylation sites is 1. The van der Waals surface area contributed by atoms with Crippen molar-refractivity contribution in [1.82, 2.24) is 20.6 Å². The average Bonchev–Trinajstić information content (AvgIpc) is 3.08. The summed E-state index contributed by atoms with van der Waals surface area (Å²) >= 11 is 12.6. The number of aromatic amines is 1. The summed E-state index contributed by atoms with van der Waals surface area (Å²) in [5.74, 6) is -0.226. The molecule has 0 unspecified atom stereocenters. The molecule has 8 heteroatoms. The van der Waals surface area contributed by atoms with E-state index in [0.717, 1.165) is 32.9 Å². The van der Waals surface area contributed by atoms with Crippen LogP contribution in [0.4, 0.5) is 0 Å². The molecule has 4 aromatic rings. The third kappa shape index (κ3) is 4.12. The Labute approximate surface area is 190 Å². The summed E-state index contributed by atoms with van der Waals surface area (Å²) in [5, 5.41) is 8.90. The van der Waals surface area contributed by atoms with Crippen LogP contribution in [0, 0.1) is 6.92 Å². The maximum absolute atomic E-state index is 12.7. The highest BCUT2D eigenvalue weighted by Crippen LogP contribution is 2.37. The third-order valence-corrected chi connectivity index (χ3v) is 5.46. The van der Waals surface area contributed by atoms with E-state index < -0.39 is 0 Å². The van der Waals surface area contributed by atoms with E-state index in [9.17, 15) is 4.79 Å². The smallest absolute Gasteiger partial charge is 0.269 e. The van der Waals surface area contributed by atoms with Crippen molar-refractivity contribution in [3.8, 4) is 11.3 Å². The fourth-order valence-corrected chi connectivity index (χ4v) is 3.95. The Bertz CT molecular complexity index is 1240. The van der Waals surface area contributed by atoms with Gasteiger partial charge in [-0.25, -0.2) is 4.98 Å². The molecule has 5 nitrogen and oxygen atoms in total. The van der Waals surface area contributed by atoms with E-state index in [4.69, 9.17) is 23.2 Å². The number of amides is 1. The lowest BCUT2D eigenvalue weighted by Gasteiger charge is -2.10. The van der Waals surface area contributed by atoms with Crippen LogP contribution in [-0.2, 0) is 0 Å². The number of H-pyrrole nitrogens is 1. The van der Waals surface area contributed by atoms with Crippen molar-refractivity contribution in [2.24, 2.45) is 0 Å². The van der Waals surface area contributed by atoms with Crippen molar-refractivity contribution in [1.29, 1.82) is 0 Å². The van der Waals surface area contributed by atoms with Crippen molar-refractivity contribution in [3.63, 3.8) is 0 Å². The molecule has 0 aliphatic carbocycles. The molecule has 0 aliphatic rings. The number of aromatic nitrogens is 2. The van der Waals surface area contributed by atoms with Gasteiger partial charge in [-0.05, 0) is 43.8 Å². The fourth-order valence-electron chi connectivity index (χ4n) is 3.45. The van der Waals surface area contributed by atoms with Crippen molar-refractivity contribution >= 4 is 63.3 Å². The minimum atomic E-state index is -0.226. The summed E-state index contributed by atoms with van der Waals surface area (Å²) in [6.45, 7) is 3.24. The molecule has 0 spiro atoms. The average molecular weight is 464 g/mol. The van der Waals surface area contributed by atoms with Gasteiger partial charge in [0, 0.05) is 40.0 Å². The van der Waals surface area contributed by atoms with Gasteiger partial charge in [-0.15, -0.1) is 12.4 Å². The Balaban J connectivity index is 0.00000256. The summed E-state index contributed by atoms with van der Waals surface area (Å²) in [4.78, 5) is 20.9. The number of aryl methyl sites for hydroxylation is 1. The van der Waals surface area contributed by atoms with Gasteiger partial charge in [0.1, 0.15) is 5.69 Å². The van der Waals surface area contributed by atoms with E-state index in [1.54, 1.807) is 12.1 Å². The molecule has 2 aromatic carbocycles. The van der Waals surface area contributed by atoms with Crippen LogP contribution in [0.15, 0.2) is 42.5 Å². The lowest BCUT2D eigenvalue weighted by molar-refractivity contribution is 0.0949. The van der Waals surface area contributed by atoms with Gasteiger partial charge in [-0.2, -0.15) is 0 Å². The molecule has 0 atom stereocenters. The molecule has 2 heterocycles. The topological polar surface area (TPSA) is 69.8 Å². The van der Waals surface area contributed by atoms with E-state index in [1.165, 1.54) is 0 Å². The Morgan fingerprint density at radius 2 is 1.87 bits per heavy atom. The second-order valence-electron chi connectivity index (χ2n) is 6.88. The molecule has 0 saturated carbocycles. The first-order valence-corrected chi connectivity index (χ1v) is 10.1. The first-order chi connectivity index (χ1) is 14.0. The lowest BCUT2D eigenvalue weighted by atomic mass is 10.1. The summed E-state index contributed by atoms with van der Waals surface area (Å²) in [7, 11) is 1.84. The van der Waals surface area contributed by atoms with Gasteiger partial charge >= 0.3 is 0 Å². The molecule has 0 radical (unpaired) electrons. The monoisotopic (exact) mass is 462 g/mol. The van der Waals surface area contributed by atoms with Crippen LogP contribution in [0.5, 0.6) is 0 Å². The number of likely N-dealkylation sites (N-methyl/N-ethyl adjacent to an activating group) is 1. The number of fused-ring (bicyclic) bond motifs is 3. The van der Waals surface area contributed by atoms with Crippen LogP contribution in [-0.4, -0.2) is 36.0 Å². The molecule has 0 saturated heterocycles. The quantitative estimate of drug-likeness (QED) is 0.349. The minimum absolute atomic E-state index is 0. The number of hydrogen-bond donors (Lipinski definition) is 3. The third-order valence-electron chi connectivity index (χ3n) is 4.91. The van der Waals surface area contributed by atoms with Gasteiger partial charge in [-0.3, -0.25) is 4.79 Å². The molecule has 0 fully saturated rings. The van der Waals surface area contributed by atoms with Gasteiger partial charge in [-0.1, -0.05) is 41.4 Å². The van der Waals surface area contributed by atoms with E-state index in [-0.39, 0.29) is 18.3 Å². The molecule has 4 rings (SSSR count). The molecule has 156 valence electrons. The summed E-state index contributed by atoms with van der Waals surface area (Å²) in [6.07, 6.45) is 0. The molecular formula is C22H21Cl3N4O.